The summed E-state index contributed by atoms with van der Waals surface area (Å²) in [5.41, 5.74) is 2.24. The van der Waals surface area contributed by atoms with Crippen LogP contribution in [-0.4, -0.2) is 35.8 Å². The zero-order valence-corrected chi connectivity index (χ0v) is 16.2. The van der Waals surface area contributed by atoms with E-state index in [0.717, 1.165) is 18.4 Å². The van der Waals surface area contributed by atoms with E-state index >= 15 is 0 Å². The van der Waals surface area contributed by atoms with Crippen molar-refractivity contribution >= 4 is 11.8 Å². The van der Waals surface area contributed by atoms with E-state index in [-0.39, 0.29) is 36.0 Å². The van der Waals surface area contributed by atoms with Crippen molar-refractivity contribution in [2.75, 3.05) is 13.1 Å². The molecule has 3 rings (SSSR count). The van der Waals surface area contributed by atoms with Crippen molar-refractivity contribution < 1.29 is 14.0 Å². The van der Waals surface area contributed by atoms with Gasteiger partial charge in [-0.2, -0.15) is 0 Å². The molecule has 1 fully saturated rings. The fourth-order valence-electron chi connectivity index (χ4n) is 3.54. The second-order valence-corrected chi connectivity index (χ2v) is 7.55. The van der Waals surface area contributed by atoms with Crippen molar-refractivity contribution in [3.05, 3.63) is 71.5 Å². The van der Waals surface area contributed by atoms with Crippen LogP contribution in [0.3, 0.4) is 0 Å². The van der Waals surface area contributed by atoms with E-state index < -0.39 is 0 Å². The Morgan fingerprint density at radius 1 is 1.11 bits per heavy atom. The number of nitrogens with one attached hydrogen (secondary N) is 1. The fourth-order valence-corrected chi connectivity index (χ4v) is 3.54. The van der Waals surface area contributed by atoms with Crippen LogP contribution >= 0.6 is 0 Å². The number of rotatable bonds is 8. The maximum atomic E-state index is 13.0. The Balaban J connectivity index is 1.43. The second-order valence-electron chi connectivity index (χ2n) is 7.55. The molecule has 0 bridgehead atoms. The molecule has 148 valence electrons. The Morgan fingerprint density at radius 2 is 1.79 bits per heavy atom. The molecular weight excluding hydrogens is 355 g/mol. The number of halogens is 1. The van der Waals surface area contributed by atoms with Crippen LogP contribution in [-0.2, 0) is 22.4 Å². The van der Waals surface area contributed by atoms with E-state index in [4.69, 9.17) is 0 Å². The van der Waals surface area contributed by atoms with Crippen molar-refractivity contribution in [1.29, 1.82) is 0 Å². The molecule has 0 saturated carbocycles. The van der Waals surface area contributed by atoms with Crippen molar-refractivity contribution in [3.63, 3.8) is 0 Å². The van der Waals surface area contributed by atoms with Crippen molar-refractivity contribution in [2.24, 2.45) is 5.92 Å². The molecule has 0 spiro atoms. The van der Waals surface area contributed by atoms with Crippen LogP contribution in [0.1, 0.15) is 30.9 Å². The molecule has 5 heteroatoms. The number of carbonyl (C=O) groups excluding carboxylic acids is 2. The molecule has 1 heterocycles. The molecule has 2 aromatic rings. The average molecular weight is 382 g/mol. The molecule has 1 aliphatic rings. The normalized spacial score (nSPS) is 17.6. The third kappa shape index (κ3) is 5.65. The lowest BCUT2D eigenvalue weighted by Gasteiger charge is -2.18. The summed E-state index contributed by atoms with van der Waals surface area (Å²) in [6.07, 6.45) is 2.70. The topological polar surface area (TPSA) is 49.4 Å². The Hall–Kier alpha value is -2.69. The molecule has 1 aliphatic heterocycles. The third-order valence-corrected chi connectivity index (χ3v) is 5.27. The SMILES string of the molecule is C[C@@H](CCc1ccccc1)NC(=O)[C@@H]1CC(=O)N(CCc2ccc(F)cc2)C1. The van der Waals surface area contributed by atoms with E-state index in [1.54, 1.807) is 17.0 Å². The molecule has 0 radical (unpaired) electrons. The predicted molar refractivity (Wildman–Crippen MR) is 107 cm³/mol. The largest absolute Gasteiger partial charge is 0.353 e. The highest BCUT2D eigenvalue weighted by Gasteiger charge is 2.34. The standard InChI is InChI=1S/C23H27FN2O2/c1-17(7-8-18-5-3-2-4-6-18)25-23(28)20-15-22(27)26(16-20)14-13-19-9-11-21(24)12-10-19/h2-6,9-12,17,20H,7-8,13-16H2,1H3,(H,25,28)/t17-,20+/m0/s1. The maximum absolute atomic E-state index is 13.0. The number of hydrogen-bond donors (Lipinski definition) is 1. The first-order chi connectivity index (χ1) is 13.5. The summed E-state index contributed by atoms with van der Waals surface area (Å²) in [5.74, 6) is -0.587. The van der Waals surface area contributed by atoms with Gasteiger partial charge in [-0.3, -0.25) is 9.59 Å². The van der Waals surface area contributed by atoms with Gasteiger partial charge in [0.2, 0.25) is 11.8 Å². The van der Waals surface area contributed by atoms with Crippen molar-refractivity contribution in [2.45, 2.75) is 38.6 Å². The smallest absolute Gasteiger partial charge is 0.225 e. The third-order valence-electron chi connectivity index (χ3n) is 5.27. The van der Waals surface area contributed by atoms with Crippen LogP contribution in [0.2, 0.25) is 0 Å². The Morgan fingerprint density at radius 3 is 2.50 bits per heavy atom. The number of carbonyl (C=O) groups is 2. The molecule has 1 N–H and O–H groups in total. The Labute approximate surface area is 165 Å². The Kier molecular flexibility index (Phi) is 6.80. The lowest BCUT2D eigenvalue weighted by molar-refractivity contribution is -0.129. The number of benzene rings is 2. The highest BCUT2D eigenvalue weighted by atomic mass is 19.1. The van der Waals surface area contributed by atoms with Gasteiger partial charge in [0.1, 0.15) is 5.82 Å². The van der Waals surface area contributed by atoms with Crippen LogP contribution in [0.4, 0.5) is 4.39 Å². The van der Waals surface area contributed by atoms with E-state index in [0.29, 0.717) is 19.5 Å². The highest BCUT2D eigenvalue weighted by Crippen LogP contribution is 2.19. The highest BCUT2D eigenvalue weighted by molar-refractivity contribution is 5.89. The van der Waals surface area contributed by atoms with Crippen LogP contribution in [0.25, 0.3) is 0 Å². The van der Waals surface area contributed by atoms with Gasteiger partial charge in [-0.1, -0.05) is 42.5 Å². The van der Waals surface area contributed by atoms with E-state index in [1.807, 2.05) is 25.1 Å². The summed E-state index contributed by atoms with van der Waals surface area (Å²) in [6.45, 7) is 3.01. The number of aryl methyl sites for hydroxylation is 1. The van der Waals surface area contributed by atoms with Gasteiger partial charge < -0.3 is 10.2 Å². The minimum Gasteiger partial charge on any atom is -0.353 e. The van der Waals surface area contributed by atoms with Gasteiger partial charge in [-0.05, 0) is 49.4 Å². The molecule has 0 unspecified atom stereocenters. The Bertz CT molecular complexity index is 792. The summed E-state index contributed by atoms with van der Waals surface area (Å²) >= 11 is 0. The molecule has 0 aromatic heterocycles. The molecule has 4 nitrogen and oxygen atoms in total. The van der Waals surface area contributed by atoms with Gasteiger partial charge in [-0.25, -0.2) is 4.39 Å². The average Bonchev–Trinajstić information content (AvgIpc) is 3.08. The molecular formula is C23H27FN2O2. The first-order valence-corrected chi connectivity index (χ1v) is 9.88. The second kappa shape index (κ2) is 9.49. The van der Waals surface area contributed by atoms with E-state index in [1.165, 1.54) is 17.7 Å². The quantitative estimate of drug-likeness (QED) is 0.761. The molecule has 2 amide bonds. The number of hydrogen-bond acceptors (Lipinski definition) is 2. The molecule has 1 saturated heterocycles. The van der Waals surface area contributed by atoms with Gasteiger partial charge in [0.25, 0.3) is 0 Å². The minimum atomic E-state index is -0.292. The van der Waals surface area contributed by atoms with Gasteiger partial charge in [-0.15, -0.1) is 0 Å². The van der Waals surface area contributed by atoms with E-state index in [2.05, 4.69) is 17.4 Å². The van der Waals surface area contributed by atoms with E-state index in [9.17, 15) is 14.0 Å². The first-order valence-electron chi connectivity index (χ1n) is 9.88. The molecule has 2 aromatic carbocycles. The first kappa shape index (κ1) is 20.1. The monoisotopic (exact) mass is 382 g/mol. The summed E-state index contributed by atoms with van der Waals surface area (Å²) < 4.78 is 13.0. The van der Waals surface area contributed by atoms with Gasteiger partial charge in [0.15, 0.2) is 0 Å². The van der Waals surface area contributed by atoms with Crippen LogP contribution in [0, 0.1) is 11.7 Å². The summed E-state index contributed by atoms with van der Waals surface area (Å²) in [5, 5.41) is 3.05. The minimum absolute atomic E-state index is 0.0131. The predicted octanol–water partition coefficient (Wildman–Crippen LogP) is 3.35. The molecule has 28 heavy (non-hydrogen) atoms. The summed E-state index contributed by atoms with van der Waals surface area (Å²) in [6, 6.07) is 16.6. The number of amides is 2. The lowest BCUT2D eigenvalue weighted by atomic mass is 10.0. The van der Waals surface area contributed by atoms with Gasteiger partial charge in [0.05, 0.1) is 5.92 Å². The summed E-state index contributed by atoms with van der Waals surface area (Å²) in [4.78, 5) is 26.5. The summed E-state index contributed by atoms with van der Waals surface area (Å²) in [7, 11) is 0. The van der Waals surface area contributed by atoms with Gasteiger partial charge in [0, 0.05) is 25.6 Å². The number of likely N-dealkylation sites (tertiary alicyclic amines) is 1. The lowest BCUT2D eigenvalue weighted by Crippen LogP contribution is -2.38. The maximum Gasteiger partial charge on any atom is 0.225 e. The van der Waals surface area contributed by atoms with Crippen molar-refractivity contribution in [3.8, 4) is 0 Å². The van der Waals surface area contributed by atoms with Crippen LogP contribution < -0.4 is 5.32 Å². The zero-order chi connectivity index (χ0) is 19.9. The van der Waals surface area contributed by atoms with Crippen molar-refractivity contribution in [1.82, 2.24) is 10.2 Å². The zero-order valence-electron chi connectivity index (χ0n) is 16.2. The van der Waals surface area contributed by atoms with Crippen LogP contribution in [0.5, 0.6) is 0 Å². The molecule has 2 atom stereocenters. The van der Waals surface area contributed by atoms with Gasteiger partial charge >= 0.3 is 0 Å². The number of nitrogens with zero attached hydrogens (tertiary/aromatic N) is 1. The fraction of sp³-hybridized carbons (Fsp3) is 0.391. The molecule has 0 aliphatic carbocycles. The van der Waals surface area contributed by atoms with Crippen LogP contribution in [0.15, 0.2) is 54.6 Å².